The summed E-state index contributed by atoms with van der Waals surface area (Å²) in [5.41, 5.74) is 1.20. The van der Waals surface area contributed by atoms with Crippen molar-refractivity contribution in [2.24, 2.45) is 4.99 Å². The first-order chi connectivity index (χ1) is 6.66. The maximum atomic E-state index is 10.6. The highest BCUT2D eigenvalue weighted by atomic mass is 16.6. The Labute approximate surface area is 80.2 Å². The maximum Gasteiger partial charge on any atom is 0.274 e. The third-order valence-electron chi connectivity index (χ3n) is 1.88. The van der Waals surface area contributed by atoms with Gasteiger partial charge in [0.25, 0.3) is 5.69 Å². The quantitative estimate of drug-likeness (QED) is 0.317. The minimum atomic E-state index is -0.483. The molecule has 0 aliphatic carbocycles. The summed E-state index contributed by atoms with van der Waals surface area (Å²) in [6.45, 7) is 1.75. The fourth-order valence-corrected chi connectivity index (χ4v) is 1.17. The van der Waals surface area contributed by atoms with Crippen LogP contribution in [0.25, 0.3) is 0 Å². The predicted octanol–water partition coefficient (Wildman–Crippen LogP) is 1.74. The Morgan fingerprint density at radius 1 is 1.57 bits per heavy atom. The molecule has 0 atom stereocenters. The summed E-state index contributed by atoms with van der Waals surface area (Å²) in [6.07, 6.45) is 1.36. The van der Waals surface area contributed by atoms with Crippen molar-refractivity contribution in [1.82, 2.24) is 0 Å². The Bertz CT molecular complexity index is 409. The summed E-state index contributed by atoms with van der Waals surface area (Å²) in [6, 6.07) is 4.73. The van der Waals surface area contributed by atoms with Gasteiger partial charge in [-0.15, -0.1) is 0 Å². The molecule has 0 amide bonds. The highest BCUT2D eigenvalue weighted by Gasteiger charge is 2.14. The van der Waals surface area contributed by atoms with Gasteiger partial charge in [0, 0.05) is 6.07 Å². The highest BCUT2D eigenvalue weighted by molar-refractivity contribution is 5.46. The molecule has 0 saturated carbocycles. The summed E-state index contributed by atoms with van der Waals surface area (Å²) in [5, 5.41) is 10.6. The molecule has 5 nitrogen and oxygen atoms in total. The van der Waals surface area contributed by atoms with Crippen LogP contribution in [0.15, 0.2) is 23.2 Å². The number of rotatable bonds is 3. The molecule has 0 saturated heterocycles. The van der Waals surface area contributed by atoms with E-state index in [1.54, 1.807) is 19.1 Å². The summed E-state index contributed by atoms with van der Waals surface area (Å²) >= 11 is 0. The minimum absolute atomic E-state index is 0.00644. The van der Waals surface area contributed by atoms with Crippen LogP contribution in [0.1, 0.15) is 11.1 Å². The second-order valence-corrected chi connectivity index (χ2v) is 2.74. The number of aliphatic imine (C=N–C) groups is 1. The molecule has 0 heterocycles. The van der Waals surface area contributed by atoms with Gasteiger partial charge in [0.2, 0.25) is 6.08 Å². The largest absolute Gasteiger partial charge is 0.274 e. The van der Waals surface area contributed by atoms with Crippen LogP contribution >= 0.6 is 0 Å². The number of aryl methyl sites for hydroxylation is 1. The number of hydrogen-bond donors (Lipinski definition) is 0. The van der Waals surface area contributed by atoms with Gasteiger partial charge in [0.15, 0.2) is 0 Å². The Morgan fingerprint density at radius 3 is 2.86 bits per heavy atom. The number of benzene rings is 1. The van der Waals surface area contributed by atoms with E-state index in [0.29, 0.717) is 5.56 Å². The van der Waals surface area contributed by atoms with Crippen LogP contribution < -0.4 is 0 Å². The molecule has 0 N–H and O–H groups in total. The van der Waals surface area contributed by atoms with E-state index in [1.165, 1.54) is 12.1 Å². The summed E-state index contributed by atoms with van der Waals surface area (Å²) in [5.74, 6) is 0. The van der Waals surface area contributed by atoms with Crippen molar-refractivity contribution in [3.63, 3.8) is 0 Å². The topological polar surface area (TPSA) is 72.6 Å². The third-order valence-corrected chi connectivity index (χ3v) is 1.88. The molecular formula is C9H8N2O3. The zero-order valence-electron chi connectivity index (χ0n) is 7.56. The molecule has 0 spiro atoms. The standard InChI is InChI=1S/C9H8N2O3/c1-7-3-2-4-9(11(13)14)8(7)5-10-6-12/h2-4H,5H2,1H3. The Balaban J connectivity index is 3.21. The number of hydrogen-bond acceptors (Lipinski definition) is 4. The lowest BCUT2D eigenvalue weighted by Crippen LogP contribution is -1.96. The van der Waals surface area contributed by atoms with Gasteiger partial charge in [-0.2, -0.15) is 0 Å². The van der Waals surface area contributed by atoms with Crippen molar-refractivity contribution < 1.29 is 9.72 Å². The van der Waals surface area contributed by atoms with Crippen LogP contribution in [0.5, 0.6) is 0 Å². The van der Waals surface area contributed by atoms with Crippen LogP contribution in [0.4, 0.5) is 5.69 Å². The SMILES string of the molecule is Cc1cccc([N+](=O)[O-])c1CN=C=O. The second-order valence-electron chi connectivity index (χ2n) is 2.74. The molecule has 0 fully saturated rings. The number of nitro benzene ring substituents is 1. The van der Waals surface area contributed by atoms with Gasteiger partial charge in [-0.1, -0.05) is 12.1 Å². The Morgan fingerprint density at radius 2 is 2.29 bits per heavy atom. The average molecular weight is 192 g/mol. The lowest BCUT2D eigenvalue weighted by molar-refractivity contribution is -0.385. The number of nitrogens with zero attached hydrogens (tertiary/aromatic N) is 2. The van der Waals surface area contributed by atoms with Crippen LogP contribution in [-0.4, -0.2) is 11.0 Å². The fraction of sp³-hybridized carbons (Fsp3) is 0.222. The molecule has 0 aromatic heterocycles. The number of carbonyl (C=O) groups excluding carboxylic acids is 1. The van der Waals surface area contributed by atoms with Gasteiger partial charge in [0.05, 0.1) is 17.0 Å². The predicted molar refractivity (Wildman–Crippen MR) is 49.7 cm³/mol. The molecule has 1 rings (SSSR count). The van der Waals surface area contributed by atoms with Crippen LogP contribution in [0, 0.1) is 17.0 Å². The van der Waals surface area contributed by atoms with Crippen molar-refractivity contribution in [3.05, 3.63) is 39.4 Å². The van der Waals surface area contributed by atoms with Gasteiger partial charge in [-0.05, 0) is 12.5 Å². The number of isocyanates is 1. The second kappa shape index (κ2) is 4.30. The van der Waals surface area contributed by atoms with Crippen LogP contribution in [-0.2, 0) is 11.3 Å². The van der Waals surface area contributed by atoms with E-state index in [1.807, 2.05) is 0 Å². The Kier molecular flexibility index (Phi) is 3.09. The molecule has 1 aromatic rings. The fourth-order valence-electron chi connectivity index (χ4n) is 1.17. The first-order valence-electron chi connectivity index (χ1n) is 3.93. The minimum Gasteiger partial charge on any atom is -0.258 e. The van der Waals surface area contributed by atoms with E-state index >= 15 is 0 Å². The third kappa shape index (κ3) is 2.02. The van der Waals surface area contributed by atoms with E-state index in [4.69, 9.17) is 0 Å². The van der Waals surface area contributed by atoms with E-state index in [0.717, 1.165) is 5.56 Å². The van der Waals surface area contributed by atoms with E-state index in [9.17, 15) is 14.9 Å². The molecule has 1 aromatic carbocycles. The molecule has 0 unspecified atom stereocenters. The lowest BCUT2D eigenvalue weighted by atomic mass is 10.1. The summed E-state index contributed by atoms with van der Waals surface area (Å²) in [7, 11) is 0. The normalized spacial score (nSPS) is 9.21. The molecule has 0 radical (unpaired) electrons. The van der Waals surface area contributed by atoms with Crippen molar-refractivity contribution in [2.75, 3.05) is 0 Å². The van der Waals surface area contributed by atoms with Crippen molar-refractivity contribution in [2.45, 2.75) is 13.5 Å². The van der Waals surface area contributed by atoms with Gasteiger partial charge >= 0.3 is 0 Å². The van der Waals surface area contributed by atoms with Crippen LogP contribution in [0.3, 0.4) is 0 Å². The molecule has 5 heteroatoms. The van der Waals surface area contributed by atoms with Crippen molar-refractivity contribution >= 4 is 11.8 Å². The zero-order chi connectivity index (χ0) is 10.6. The van der Waals surface area contributed by atoms with E-state index in [-0.39, 0.29) is 12.2 Å². The first kappa shape index (κ1) is 10.1. The van der Waals surface area contributed by atoms with Crippen molar-refractivity contribution in [3.8, 4) is 0 Å². The van der Waals surface area contributed by atoms with E-state index in [2.05, 4.69) is 4.99 Å². The van der Waals surface area contributed by atoms with Crippen LogP contribution in [0.2, 0.25) is 0 Å². The maximum absolute atomic E-state index is 10.6. The molecule has 72 valence electrons. The molecular weight excluding hydrogens is 184 g/mol. The summed E-state index contributed by atoms with van der Waals surface area (Å²) < 4.78 is 0. The smallest absolute Gasteiger partial charge is 0.258 e. The molecule has 14 heavy (non-hydrogen) atoms. The lowest BCUT2D eigenvalue weighted by Gasteiger charge is -2.01. The van der Waals surface area contributed by atoms with Gasteiger partial charge in [0.1, 0.15) is 0 Å². The number of nitro groups is 1. The van der Waals surface area contributed by atoms with Gasteiger partial charge in [-0.3, -0.25) is 10.1 Å². The monoisotopic (exact) mass is 192 g/mol. The van der Waals surface area contributed by atoms with Gasteiger partial charge in [-0.25, -0.2) is 9.79 Å². The molecule has 0 bridgehead atoms. The first-order valence-corrected chi connectivity index (χ1v) is 3.93. The van der Waals surface area contributed by atoms with E-state index < -0.39 is 4.92 Å². The molecule has 0 aliphatic heterocycles. The van der Waals surface area contributed by atoms with Crippen molar-refractivity contribution in [1.29, 1.82) is 0 Å². The zero-order valence-corrected chi connectivity index (χ0v) is 7.56. The molecule has 0 aliphatic rings. The highest BCUT2D eigenvalue weighted by Crippen LogP contribution is 2.22. The van der Waals surface area contributed by atoms with Gasteiger partial charge < -0.3 is 0 Å². The average Bonchev–Trinajstić information content (AvgIpc) is 2.15. The Hall–Kier alpha value is -2.00. The summed E-state index contributed by atoms with van der Waals surface area (Å²) in [4.78, 5) is 23.4.